The molecule has 0 saturated carbocycles. The molecule has 1 aliphatic rings. The Labute approximate surface area is 167 Å². The van der Waals surface area contributed by atoms with Crippen LogP contribution in [0.3, 0.4) is 0 Å². The van der Waals surface area contributed by atoms with Gasteiger partial charge in [0.15, 0.2) is 0 Å². The molecular weight excluding hydrogens is 378 g/mol. The van der Waals surface area contributed by atoms with Gasteiger partial charge < -0.3 is 14.7 Å². The molecule has 0 spiro atoms. The molecule has 9 heteroatoms. The third-order valence-electron chi connectivity index (χ3n) is 4.87. The summed E-state index contributed by atoms with van der Waals surface area (Å²) in [5.74, 6) is 0.759. The van der Waals surface area contributed by atoms with Crippen LogP contribution in [0.25, 0.3) is 4.96 Å². The fraction of sp³-hybridized carbons (Fsp3) is 0.421. The number of aryl methyl sites for hydroxylation is 1. The van der Waals surface area contributed by atoms with Crippen LogP contribution in [0.2, 0.25) is 0 Å². The van der Waals surface area contributed by atoms with Gasteiger partial charge in [-0.2, -0.15) is 4.52 Å². The molecule has 1 fully saturated rings. The van der Waals surface area contributed by atoms with Gasteiger partial charge >= 0.3 is 6.09 Å². The van der Waals surface area contributed by atoms with Gasteiger partial charge in [-0.1, -0.05) is 41.7 Å². The zero-order valence-electron chi connectivity index (χ0n) is 15.9. The third kappa shape index (κ3) is 3.43. The summed E-state index contributed by atoms with van der Waals surface area (Å²) in [6.07, 6.45) is -0.268. The first-order valence-corrected chi connectivity index (χ1v) is 10.2. The minimum absolute atomic E-state index is 0.126. The third-order valence-corrected chi connectivity index (χ3v) is 5.95. The zero-order chi connectivity index (χ0) is 19.7. The van der Waals surface area contributed by atoms with Crippen molar-refractivity contribution < 1.29 is 14.6 Å². The topological polar surface area (TPSA) is 83.2 Å². The second-order valence-corrected chi connectivity index (χ2v) is 7.69. The van der Waals surface area contributed by atoms with Gasteiger partial charge in [0.25, 0.3) is 0 Å². The molecule has 0 bridgehead atoms. The number of thiazole rings is 1. The van der Waals surface area contributed by atoms with E-state index in [1.54, 1.807) is 4.90 Å². The lowest BCUT2D eigenvalue weighted by Gasteiger charge is -2.38. The molecule has 3 aromatic rings. The van der Waals surface area contributed by atoms with Crippen molar-refractivity contribution in [1.29, 1.82) is 0 Å². The molecule has 3 heterocycles. The van der Waals surface area contributed by atoms with Gasteiger partial charge in [0.1, 0.15) is 5.82 Å². The summed E-state index contributed by atoms with van der Waals surface area (Å²) in [4.78, 5) is 21.9. The lowest BCUT2D eigenvalue weighted by atomic mass is 10.0. The predicted octanol–water partition coefficient (Wildman–Crippen LogP) is 2.67. The first kappa shape index (κ1) is 18.7. The van der Waals surface area contributed by atoms with E-state index in [9.17, 15) is 9.90 Å². The Morgan fingerprint density at radius 1 is 1.25 bits per heavy atom. The Balaban J connectivity index is 1.65. The molecule has 1 atom stereocenters. The molecule has 8 nitrogen and oxygen atoms in total. The highest BCUT2D eigenvalue weighted by molar-refractivity contribution is 7.17. The van der Waals surface area contributed by atoms with Gasteiger partial charge in [-0.25, -0.2) is 9.78 Å². The highest BCUT2D eigenvalue weighted by atomic mass is 32.1. The first-order chi connectivity index (χ1) is 13.6. The number of nitrogens with zero attached hydrogens (tertiary/aromatic N) is 5. The second-order valence-electron chi connectivity index (χ2n) is 6.68. The fourth-order valence-electron chi connectivity index (χ4n) is 3.57. The average Bonchev–Trinajstić information content (AvgIpc) is 3.21. The van der Waals surface area contributed by atoms with E-state index in [-0.39, 0.29) is 18.0 Å². The van der Waals surface area contributed by atoms with E-state index in [1.807, 2.05) is 32.0 Å². The summed E-state index contributed by atoms with van der Waals surface area (Å²) in [6.45, 7) is 6.54. The van der Waals surface area contributed by atoms with Gasteiger partial charge in [0.2, 0.25) is 10.8 Å². The van der Waals surface area contributed by atoms with E-state index < -0.39 is 0 Å². The van der Waals surface area contributed by atoms with Crippen LogP contribution in [0, 0.1) is 6.92 Å². The predicted molar refractivity (Wildman–Crippen MR) is 106 cm³/mol. The maximum Gasteiger partial charge on any atom is 0.409 e. The maximum atomic E-state index is 12.0. The van der Waals surface area contributed by atoms with Crippen molar-refractivity contribution >= 4 is 22.4 Å². The van der Waals surface area contributed by atoms with Crippen LogP contribution in [0.4, 0.5) is 4.79 Å². The number of fused-ring (bicyclic) bond motifs is 1. The number of hydrogen-bond donors (Lipinski definition) is 1. The van der Waals surface area contributed by atoms with Gasteiger partial charge in [-0.3, -0.25) is 4.90 Å². The summed E-state index contributed by atoms with van der Waals surface area (Å²) in [5, 5.41) is 15.1. The van der Waals surface area contributed by atoms with Crippen molar-refractivity contribution in [2.45, 2.75) is 19.9 Å². The molecule has 1 N–H and O–H groups in total. The minimum atomic E-state index is -0.268. The standard InChI is InChI=1S/C19H23N5O3S/c1-3-27-19(26)23-11-9-22(10-12-23)15(14-7-5-4-6-8-14)16-17(25)24-18(28-16)20-13(2)21-24/h4-8,15,25H,3,9-12H2,1-2H3/t15-/m1/s1. The molecule has 1 aliphatic heterocycles. The van der Waals surface area contributed by atoms with E-state index in [4.69, 9.17) is 4.74 Å². The summed E-state index contributed by atoms with van der Waals surface area (Å²) in [6, 6.07) is 9.96. The SMILES string of the molecule is CCOC(=O)N1CCN([C@H](c2ccccc2)c2sc3nc(C)nn3c2O)CC1. The first-order valence-electron chi connectivity index (χ1n) is 9.34. The Kier molecular flexibility index (Phi) is 5.19. The average molecular weight is 401 g/mol. The van der Waals surface area contributed by atoms with Crippen molar-refractivity contribution in [2.24, 2.45) is 0 Å². The maximum absolute atomic E-state index is 12.0. The summed E-state index contributed by atoms with van der Waals surface area (Å²) >= 11 is 1.45. The van der Waals surface area contributed by atoms with Crippen molar-refractivity contribution in [2.75, 3.05) is 32.8 Å². The number of carbonyl (C=O) groups excluding carboxylic acids is 1. The normalized spacial score (nSPS) is 16.4. The number of piperazine rings is 1. The number of aromatic nitrogens is 3. The number of hydrogen-bond acceptors (Lipinski definition) is 7. The van der Waals surface area contributed by atoms with Crippen LogP contribution in [-0.2, 0) is 4.74 Å². The van der Waals surface area contributed by atoms with Crippen LogP contribution < -0.4 is 0 Å². The van der Waals surface area contributed by atoms with E-state index >= 15 is 0 Å². The molecule has 1 saturated heterocycles. The monoisotopic (exact) mass is 401 g/mol. The highest BCUT2D eigenvalue weighted by Crippen LogP contribution is 2.40. The number of aromatic hydroxyl groups is 1. The van der Waals surface area contributed by atoms with E-state index in [0.29, 0.717) is 43.6 Å². The fourth-order valence-corrected chi connectivity index (χ4v) is 4.73. The molecule has 28 heavy (non-hydrogen) atoms. The van der Waals surface area contributed by atoms with Crippen LogP contribution in [0.15, 0.2) is 30.3 Å². The van der Waals surface area contributed by atoms with E-state index in [1.165, 1.54) is 15.9 Å². The van der Waals surface area contributed by atoms with Crippen LogP contribution in [0.1, 0.15) is 29.2 Å². The molecule has 2 aromatic heterocycles. The van der Waals surface area contributed by atoms with Crippen molar-refractivity contribution in [3.63, 3.8) is 0 Å². The van der Waals surface area contributed by atoms with Crippen molar-refractivity contribution in [3.8, 4) is 5.88 Å². The molecule has 148 valence electrons. The second kappa shape index (κ2) is 7.76. The van der Waals surface area contributed by atoms with Crippen LogP contribution in [-0.4, -0.2) is 68.4 Å². The zero-order valence-corrected chi connectivity index (χ0v) is 16.7. The van der Waals surface area contributed by atoms with Gasteiger partial charge in [0.05, 0.1) is 17.5 Å². The van der Waals surface area contributed by atoms with Crippen molar-refractivity contribution in [3.05, 3.63) is 46.6 Å². The van der Waals surface area contributed by atoms with Crippen LogP contribution >= 0.6 is 11.3 Å². The lowest BCUT2D eigenvalue weighted by molar-refractivity contribution is 0.0715. The quantitative estimate of drug-likeness (QED) is 0.724. The number of rotatable bonds is 4. The largest absolute Gasteiger partial charge is 0.492 e. The van der Waals surface area contributed by atoms with Gasteiger partial charge in [-0.05, 0) is 19.4 Å². The molecule has 0 radical (unpaired) electrons. The Morgan fingerprint density at radius 2 is 1.96 bits per heavy atom. The molecule has 0 aliphatic carbocycles. The summed E-state index contributed by atoms with van der Waals surface area (Å²) in [7, 11) is 0. The number of benzene rings is 1. The van der Waals surface area contributed by atoms with Crippen molar-refractivity contribution in [1.82, 2.24) is 24.4 Å². The van der Waals surface area contributed by atoms with E-state index in [2.05, 4.69) is 27.1 Å². The van der Waals surface area contributed by atoms with E-state index in [0.717, 1.165) is 10.4 Å². The molecule has 1 aromatic carbocycles. The van der Waals surface area contributed by atoms with Gasteiger partial charge in [0, 0.05) is 26.2 Å². The molecule has 0 unspecified atom stereocenters. The number of ether oxygens (including phenoxy) is 1. The molecule has 1 amide bonds. The lowest BCUT2D eigenvalue weighted by Crippen LogP contribution is -2.49. The Bertz CT molecular complexity index is 963. The number of amides is 1. The molecular formula is C19H23N5O3S. The Morgan fingerprint density at radius 3 is 2.61 bits per heavy atom. The molecule has 4 rings (SSSR count). The summed E-state index contributed by atoms with van der Waals surface area (Å²) < 4.78 is 6.62. The Hall–Kier alpha value is -2.65. The van der Waals surface area contributed by atoms with Gasteiger partial charge in [-0.15, -0.1) is 5.10 Å². The smallest absolute Gasteiger partial charge is 0.409 e. The summed E-state index contributed by atoms with van der Waals surface area (Å²) in [5.41, 5.74) is 1.09. The number of carbonyl (C=O) groups is 1. The highest BCUT2D eigenvalue weighted by Gasteiger charge is 2.32. The minimum Gasteiger partial charge on any atom is -0.492 e. The van der Waals surface area contributed by atoms with Crippen LogP contribution in [0.5, 0.6) is 5.88 Å².